The van der Waals surface area contributed by atoms with E-state index < -0.39 is 10.8 Å². The zero-order valence-corrected chi connectivity index (χ0v) is 15.4. The van der Waals surface area contributed by atoms with Crippen LogP contribution in [0.4, 0.5) is 17.1 Å². The lowest BCUT2D eigenvalue weighted by Gasteiger charge is -2.28. The van der Waals surface area contributed by atoms with Crippen LogP contribution in [-0.4, -0.2) is 44.2 Å². The first-order valence-electron chi connectivity index (χ1n) is 8.25. The molecular formula is C18H18ClN3O5. The number of methoxy groups -OCH3 is 1. The van der Waals surface area contributed by atoms with Gasteiger partial charge in [0, 0.05) is 30.4 Å². The minimum atomic E-state index is -0.480. The number of hydrogen-bond donors (Lipinski definition) is 1. The molecule has 0 spiro atoms. The Morgan fingerprint density at radius 3 is 2.63 bits per heavy atom. The van der Waals surface area contributed by atoms with E-state index in [2.05, 4.69) is 5.32 Å². The number of nitrogens with one attached hydrogen (secondary N) is 1. The third-order valence-corrected chi connectivity index (χ3v) is 4.49. The predicted molar refractivity (Wildman–Crippen MR) is 102 cm³/mol. The van der Waals surface area contributed by atoms with Crippen LogP contribution in [0.1, 0.15) is 10.4 Å². The monoisotopic (exact) mass is 391 g/mol. The van der Waals surface area contributed by atoms with Gasteiger partial charge < -0.3 is 19.7 Å². The molecule has 0 atom stereocenters. The Morgan fingerprint density at radius 1 is 1.26 bits per heavy atom. The number of nitro groups is 1. The second-order valence-corrected chi connectivity index (χ2v) is 6.27. The summed E-state index contributed by atoms with van der Waals surface area (Å²) in [5, 5.41) is 14.5. The summed E-state index contributed by atoms with van der Waals surface area (Å²) in [5.74, 6) is 0.0213. The first-order chi connectivity index (χ1) is 13.0. The standard InChI is InChI=1S/C18H18ClN3O5/c1-26-17-5-3-13(11-14(17)19)20-18(23)12-2-4-15(16(10-12)22(24)25)21-6-8-27-9-7-21/h2-5,10-11H,6-9H2,1H3,(H,20,23). The van der Waals surface area contributed by atoms with Crippen LogP contribution in [0.5, 0.6) is 5.75 Å². The number of rotatable bonds is 5. The summed E-state index contributed by atoms with van der Waals surface area (Å²) < 4.78 is 10.3. The fraction of sp³-hybridized carbons (Fsp3) is 0.278. The summed E-state index contributed by atoms with van der Waals surface area (Å²) >= 11 is 6.05. The van der Waals surface area contributed by atoms with Crippen molar-refractivity contribution in [3.8, 4) is 5.75 Å². The van der Waals surface area contributed by atoms with Crippen molar-refractivity contribution in [3.05, 3.63) is 57.1 Å². The fourth-order valence-corrected chi connectivity index (χ4v) is 3.09. The average Bonchev–Trinajstić information content (AvgIpc) is 2.68. The van der Waals surface area contributed by atoms with Crippen LogP contribution in [0.2, 0.25) is 5.02 Å². The van der Waals surface area contributed by atoms with Gasteiger partial charge in [-0.15, -0.1) is 0 Å². The molecule has 2 aromatic carbocycles. The van der Waals surface area contributed by atoms with Gasteiger partial charge in [-0.2, -0.15) is 0 Å². The molecule has 1 fully saturated rings. The highest BCUT2D eigenvalue weighted by atomic mass is 35.5. The van der Waals surface area contributed by atoms with Crippen molar-refractivity contribution in [2.24, 2.45) is 0 Å². The number of halogens is 1. The number of carbonyl (C=O) groups excluding carboxylic acids is 1. The molecule has 1 N–H and O–H groups in total. The number of ether oxygens (including phenoxy) is 2. The van der Waals surface area contributed by atoms with Crippen molar-refractivity contribution in [2.45, 2.75) is 0 Å². The van der Waals surface area contributed by atoms with Crippen LogP contribution in [0, 0.1) is 10.1 Å². The molecule has 1 aliphatic heterocycles. The molecule has 0 radical (unpaired) electrons. The van der Waals surface area contributed by atoms with Crippen LogP contribution in [0.15, 0.2) is 36.4 Å². The molecule has 0 aromatic heterocycles. The van der Waals surface area contributed by atoms with E-state index in [1.165, 1.54) is 13.2 Å². The summed E-state index contributed by atoms with van der Waals surface area (Å²) in [6, 6.07) is 9.26. The molecule has 8 nitrogen and oxygen atoms in total. The second-order valence-electron chi connectivity index (χ2n) is 5.86. The summed E-state index contributed by atoms with van der Waals surface area (Å²) in [6.45, 7) is 2.16. The van der Waals surface area contributed by atoms with E-state index >= 15 is 0 Å². The maximum atomic E-state index is 12.5. The van der Waals surface area contributed by atoms with Gasteiger partial charge in [-0.25, -0.2) is 0 Å². The molecule has 1 saturated heterocycles. The number of nitrogens with zero attached hydrogens (tertiary/aromatic N) is 2. The van der Waals surface area contributed by atoms with Crippen LogP contribution >= 0.6 is 11.6 Å². The molecule has 1 amide bonds. The molecule has 0 aliphatic carbocycles. The van der Waals surface area contributed by atoms with Gasteiger partial charge in [-0.3, -0.25) is 14.9 Å². The first kappa shape index (κ1) is 18.9. The highest BCUT2D eigenvalue weighted by molar-refractivity contribution is 6.32. The lowest BCUT2D eigenvalue weighted by atomic mass is 10.1. The van der Waals surface area contributed by atoms with E-state index in [4.69, 9.17) is 21.1 Å². The van der Waals surface area contributed by atoms with E-state index in [9.17, 15) is 14.9 Å². The van der Waals surface area contributed by atoms with Crippen LogP contribution in [0.25, 0.3) is 0 Å². The molecule has 3 rings (SSSR count). The lowest BCUT2D eigenvalue weighted by Crippen LogP contribution is -2.36. The Morgan fingerprint density at radius 2 is 2.00 bits per heavy atom. The van der Waals surface area contributed by atoms with Crippen molar-refractivity contribution in [2.75, 3.05) is 43.6 Å². The normalized spacial score (nSPS) is 13.9. The number of anilines is 2. The van der Waals surface area contributed by atoms with E-state index in [0.29, 0.717) is 48.5 Å². The highest BCUT2D eigenvalue weighted by Gasteiger charge is 2.23. The molecule has 0 saturated carbocycles. The molecule has 142 valence electrons. The molecule has 1 heterocycles. The van der Waals surface area contributed by atoms with Crippen molar-refractivity contribution < 1.29 is 19.2 Å². The predicted octanol–water partition coefficient (Wildman–Crippen LogP) is 3.35. The summed E-state index contributed by atoms with van der Waals surface area (Å²) in [5.41, 5.74) is 1.01. The van der Waals surface area contributed by atoms with Gasteiger partial charge >= 0.3 is 0 Å². The minimum Gasteiger partial charge on any atom is -0.495 e. The SMILES string of the molecule is COc1ccc(NC(=O)c2ccc(N3CCOCC3)c([N+](=O)[O-])c2)cc1Cl. The molecular weight excluding hydrogens is 374 g/mol. The number of carbonyl (C=O) groups is 1. The summed E-state index contributed by atoms with van der Waals surface area (Å²) in [4.78, 5) is 25.4. The molecule has 0 bridgehead atoms. The smallest absolute Gasteiger partial charge is 0.293 e. The van der Waals surface area contributed by atoms with Crippen molar-refractivity contribution in [1.29, 1.82) is 0 Å². The van der Waals surface area contributed by atoms with Crippen LogP contribution < -0.4 is 15.0 Å². The quantitative estimate of drug-likeness (QED) is 0.620. The third kappa shape index (κ3) is 4.29. The lowest BCUT2D eigenvalue weighted by molar-refractivity contribution is -0.384. The van der Waals surface area contributed by atoms with E-state index in [1.54, 1.807) is 30.3 Å². The molecule has 1 aliphatic rings. The number of benzene rings is 2. The Kier molecular flexibility index (Phi) is 5.78. The van der Waals surface area contributed by atoms with Gasteiger partial charge in [0.15, 0.2) is 0 Å². The Bertz CT molecular complexity index is 868. The van der Waals surface area contributed by atoms with E-state index in [-0.39, 0.29) is 11.3 Å². The van der Waals surface area contributed by atoms with Crippen LogP contribution in [0.3, 0.4) is 0 Å². The van der Waals surface area contributed by atoms with Gasteiger partial charge in [-0.1, -0.05) is 11.6 Å². The molecule has 0 unspecified atom stereocenters. The molecule has 27 heavy (non-hydrogen) atoms. The number of hydrogen-bond acceptors (Lipinski definition) is 6. The number of morpholine rings is 1. The fourth-order valence-electron chi connectivity index (χ4n) is 2.83. The maximum absolute atomic E-state index is 12.5. The van der Waals surface area contributed by atoms with Crippen LogP contribution in [-0.2, 0) is 4.74 Å². The third-order valence-electron chi connectivity index (χ3n) is 4.20. The van der Waals surface area contributed by atoms with Gasteiger partial charge in [0.25, 0.3) is 11.6 Å². The maximum Gasteiger partial charge on any atom is 0.293 e. The zero-order chi connectivity index (χ0) is 19.4. The van der Waals surface area contributed by atoms with Crippen molar-refractivity contribution in [3.63, 3.8) is 0 Å². The number of nitro benzene ring substituents is 1. The van der Waals surface area contributed by atoms with Gasteiger partial charge in [0.05, 0.1) is 30.3 Å². The minimum absolute atomic E-state index is 0.114. The van der Waals surface area contributed by atoms with Crippen molar-refractivity contribution >= 4 is 34.6 Å². The topological polar surface area (TPSA) is 93.9 Å². The highest BCUT2D eigenvalue weighted by Crippen LogP contribution is 2.31. The Labute approximate surface area is 160 Å². The van der Waals surface area contributed by atoms with Gasteiger partial charge in [0.2, 0.25) is 0 Å². The van der Waals surface area contributed by atoms with Gasteiger partial charge in [-0.05, 0) is 30.3 Å². The average molecular weight is 392 g/mol. The molecule has 9 heteroatoms. The molecule has 2 aromatic rings. The number of amides is 1. The summed E-state index contributed by atoms with van der Waals surface area (Å²) in [7, 11) is 1.49. The van der Waals surface area contributed by atoms with Gasteiger partial charge in [0.1, 0.15) is 11.4 Å². The first-order valence-corrected chi connectivity index (χ1v) is 8.63. The Balaban J connectivity index is 1.83. The second kappa shape index (κ2) is 8.24. The summed E-state index contributed by atoms with van der Waals surface area (Å²) in [6.07, 6.45) is 0. The largest absolute Gasteiger partial charge is 0.495 e. The zero-order valence-electron chi connectivity index (χ0n) is 14.6. The van der Waals surface area contributed by atoms with E-state index in [0.717, 1.165) is 0 Å². The Hall–Kier alpha value is -2.84. The van der Waals surface area contributed by atoms with E-state index in [1.807, 2.05) is 4.90 Å². The van der Waals surface area contributed by atoms with Crippen molar-refractivity contribution in [1.82, 2.24) is 0 Å².